The number of aliphatic hydroxyl groups excluding tert-OH is 1. The lowest BCUT2D eigenvalue weighted by Gasteiger charge is -2.28. The van der Waals surface area contributed by atoms with Crippen molar-refractivity contribution in [1.82, 2.24) is 10.3 Å². The Kier molecular flexibility index (Phi) is 3.42. The van der Waals surface area contributed by atoms with Crippen molar-refractivity contribution in [3.05, 3.63) is 23.5 Å². The summed E-state index contributed by atoms with van der Waals surface area (Å²) in [7, 11) is 0. The van der Waals surface area contributed by atoms with E-state index in [0.29, 0.717) is 24.3 Å². The number of hydrogen-bond acceptors (Lipinski definition) is 4. The molecule has 0 saturated carbocycles. The molecule has 1 aromatic rings. The first-order chi connectivity index (χ1) is 8.20. The van der Waals surface area contributed by atoms with E-state index >= 15 is 0 Å². The van der Waals surface area contributed by atoms with Gasteiger partial charge in [0.1, 0.15) is 11.8 Å². The van der Waals surface area contributed by atoms with Crippen LogP contribution in [0.5, 0.6) is 0 Å². The summed E-state index contributed by atoms with van der Waals surface area (Å²) in [6, 6.07) is 3.11. The van der Waals surface area contributed by atoms with Crippen LogP contribution in [0.4, 0.5) is 0 Å². The predicted octanol–water partition coefficient (Wildman–Crippen LogP) is -0.234. The molecule has 3 N–H and O–H groups in total. The Hall–Kier alpha value is -1.84. The molecule has 1 saturated heterocycles. The lowest BCUT2D eigenvalue weighted by atomic mass is 10.1. The van der Waals surface area contributed by atoms with Crippen LogP contribution in [0, 0.1) is 11.3 Å². The van der Waals surface area contributed by atoms with Gasteiger partial charge in [-0.2, -0.15) is 5.26 Å². The van der Waals surface area contributed by atoms with Gasteiger partial charge in [0.2, 0.25) is 0 Å². The molecule has 1 aromatic heterocycles. The van der Waals surface area contributed by atoms with E-state index in [1.54, 1.807) is 0 Å². The number of aliphatic hydroxyl groups is 1. The summed E-state index contributed by atoms with van der Waals surface area (Å²) < 4.78 is 5.07. The number of amides is 1. The van der Waals surface area contributed by atoms with Gasteiger partial charge in [-0.15, -0.1) is 0 Å². The molecule has 2 rings (SSSR count). The molecule has 2 heterocycles. The van der Waals surface area contributed by atoms with Crippen molar-refractivity contribution in [2.24, 2.45) is 0 Å². The molecule has 0 aromatic carbocycles. The van der Waals surface area contributed by atoms with Gasteiger partial charge in [-0.05, 0) is 12.5 Å². The van der Waals surface area contributed by atoms with E-state index in [1.165, 1.54) is 12.3 Å². The summed E-state index contributed by atoms with van der Waals surface area (Å²) >= 11 is 0. The second kappa shape index (κ2) is 4.99. The normalized spacial score (nSPS) is 24.0. The van der Waals surface area contributed by atoms with Crippen LogP contribution in [0.15, 0.2) is 12.3 Å². The number of nitrogens with one attached hydrogen (secondary N) is 2. The number of carbonyl (C=O) groups is 1. The summed E-state index contributed by atoms with van der Waals surface area (Å²) in [5, 5.41) is 21.0. The zero-order chi connectivity index (χ0) is 12.3. The highest BCUT2D eigenvalue weighted by Gasteiger charge is 2.25. The van der Waals surface area contributed by atoms with Crippen LogP contribution >= 0.6 is 0 Å². The number of aromatic amines is 1. The zero-order valence-electron chi connectivity index (χ0n) is 9.14. The molecule has 1 aliphatic heterocycles. The maximum absolute atomic E-state index is 11.8. The van der Waals surface area contributed by atoms with Crippen molar-refractivity contribution in [2.45, 2.75) is 18.6 Å². The number of carbonyl (C=O) groups excluding carboxylic acids is 1. The first-order valence-corrected chi connectivity index (χ1v) is 5.36. The fourth-order valence-corrected chi connectivity index (χ4v) is 1.73. The Morgan fingerprint density at radius 2 is 2.53 bits per heavy atom. The van der Waals surface area contributed by atoms with Crippen LogP contribution in [0.2, 0.25) is 0 Å². The molecule has 1 amide bonds. The zero-order valence-corrected chi connectivity index (χ0v) is 9.14. The molecule has 1 fully saturated rings. The number of nitriles is 1. The van der Waals surface area contributed by atoms with Gasteiger partial charge >= 0.3 is 0 Å². The summed E-state index contributed by atoms with van der Waals surface area (Å²) in [5.74, 6) is -0.322. The molecule has 0 radical (unpaired) electrons. The summed E-state index contributed by atoms with van der Waals surface area (Å²) in [6.07, 6.45) is 1.37. The van der Waals surface area contributed by atoms with Crippen LogP contribution in [0.3, 0.4) is 0 Å². The van der Waals surface area contributed by atoms with E-state index in [9.17, 15) is 9.90 Å². The Balaban J connectivity index is 1.99. The minimum absolute atomic E-state index is 0.235. The number of rotatable bonds is 2. The molecule has 0 unspecified atom stereocenters. The predicted molar refractivity (Wildman–Crippen MR) is 58.2 cm³/mol. The quantitative estimate of drug-likeness (QED) is 0.659. The third-order valence-corrected chi connectivity index (χ3v) is 2.70. The lowest BCUT2D eigenvalue weighted by Crippen LogP contribution is -2.48. The van der Waals surface area contributed by atoms with Crippen molar-refractivity contribution >= 4 is 5.91 Å². The van der Waals surface area contributed by atoms with Gasteiger partial charge in [0.05, 0.1) is 24.3 Å². The molecule has 6 nitrogen and oxygen atoms in total. The van der Waals surface area contributed by atoms with Crippen LogP contribution in [-0.2, 0) is 4.74 Å². The molecule has 2 atom stereocenters. The van der Waals surface area contributed by atoms with Crippen molar-refractivity contribution in [1.29, 1.82) is 5.26 Å². The Morgan fingerprint density at radius 3 is 3.18 bits per heavy atom. The molecule has 0 spiro atoms. The van der Waals surface area contributed by atoms with E-state index in [0.717, 1.165) is 0 Å². The summed E-state index contributed by atoms with van der Waals surface area (Å²) in [5.41, 5.74) is 0.725. The van der Waals surface area contributed by atoms with E-state index < -0.39 is 6.10 Å². The molecule has 17 heavy (non-hydrogen) atoms. The Labute approximate surface area is 98.2 Å². The monoisotopic (exact) mass is 235 g/mol. The number of H-pyrrole nitrogens is 1. The third-order valence-electron chi connectivity index (χ3n) is 2.70. The van der Waals surface area contributed by atoms with Gasteiger partial charge in [-0.1, -0.05) is 0 Å². The van der Waals surface area contributed by atoms with Crippen LogP contribution in [0.25, 0.3) is 0 Å². The molecule has 1 aliphatic rings. The highest BCUT2D eigenvalue weighted by atomic mass is 16.5. The van der Waals surface area contributed by atoms with Crippen molar-refractivity contribution in [2.75, 3.05) is 13.2 Å². The van der Waals surface area contributed by atoms with E-state index in [-0.39, 0.29) is 18.6 Å². The van der Waals surface area contributed by atoms with Gasteiger partial charge in [0.15, 0.2) is 0 Å². The van der Waals surface area contributed by atoms with Gasteiger partial charge in [-0.25, -0.2) is 0 Å². The molecule has 0 aliphatic carbocycles. The Bertz CT molecular complexity index is 449. The topological polar surface area (TPSA) is 98.1 Å². The average Bonchev–Trinajstić information content (AvgIpc) is 2.81. The average molecular weight is 235 g/mol. The summed E-state index contributed by atoms with van der Waals surface area (Å²) in [6.45, 7) is 0.759. The summed E-state index contributed by atoms with van der Waals surface area (Å²) in [4.78, 5) is 14.5. The number of nitrogens with zero attached hydrogens (tertiary/aromatic N) is 1. The van der Waals surface area contributed by atoms with E-state index in [4.69, 9.17) is 10.00 Å². The molecule has 6 heteroatoms. The largest absolute Gasteiger partial charge is 0.389 e. The fraction of sp³-hybridized carbons (Fsp3) is 0.455. The van der Waals surface area contributed by atoms with Crippen LogP contribution in [-0.4, -0.2) is 41.4 Å². The first-order valence-electron chi connectivity index (χ1n) is 5.36. The van der Waals surface area contributed by atoms with Crippen LogP contribution in [0.1, 0.15) is 22.5 Å². The minimum atomic E-state index is -0.682. The van der Waals surface area contributed by atoms with Gasteiger partial charge < -0.3 is 20.1 Å². The lowest BCUT2D eigenvalue weighted by molar-refractivity contribution is -0.0261. The number of hydrogen-bond donors (Lipinski definition) is 3. The highest BCUT2D eigenvalue weighted by Crippen LogP contribution is 2.09. The fourth-order valence-electron chi connectivity index (χ4n) is 1.73. The highest BCUT2D eigenvalue weighted by molar-refractivity contribution is 5.93. The van der Waals surface area contributed by atoms with Crippen molar-refractivity contribution < 1.29 is 14.6 Å². The second-order valence-electron chi connectivity index (χ2n) is 3.92. The standard InChI is InChI=1S/C11H13N3O3/c12-4-7-3-9(13-5-7)11(16)14-8-1-2-17-6-10(8)15/h3,5,8,10,13,15H,1-2,6H2,(H,14,16)/t8-,10-/m1/s1. The van der Waals surface area contributed by atoms with E-state index in [2.05, 4.69) is 10.3 Å². The second-order valence-corrected chi connectivity index (χ2v) is 3.92. The Morgan fingerprint density at radius 1 is 1.71 bits per heavy atom. The maximum atomic E-state index is 11.8. The first kappa shape index (κ1) is 11.6. The minimum Gasteiger partial charge on any atom is -0.389 e. The van der Waals surface area contributed by atoms with Gasteiger partial charge in [0.25, 0.3) is 5.91 Å². The third kappa shape index (κ3) is 2.64. The van der Waals surface area contributed by atoms with Gasteiger partial charge in [0, 0.05) is 12.8 Å². The maximum Gasteiger partial charge on any atom is 0.268 e. The molecular formula is C11H13N3O3. The van der Waals surface area contributed by atoms with Crippen LogP contribution < -0.4 is 5.32 Å². The molecular weight excluding hydrogens is 222 g/mol. The van der Waals surface area contributed by atoms with E-state index in [1.807, 2.05) is 6.07 Å². The van der Waals surface area contributed by atoms with Crippen molar-refractivity contribution in [3.63, 3.8) is 0 Å². The molecule has 90 valence electrons. The van der Waals surface area contributed by atoms with Crippen molar-refractivity contribution in [3.8, 4) is 6.07 Å². The number of ether oxygens (including phenoxy) is 1. The SMILES string of the molecule is N#Cc1c[nH]c(C(=O)N[C@@H]2CCOC[C@H]2O)c1. The smallest absolute Gasteiger partial charge is 0.268 e. The number of aromatic nitrogens is 1. The van der Waals surface area contributed by atoms with Gasteiger partial charge in [-0.3, -0.25) is 4.79 Å². The molecule has 0 bridgehead atoms.